The van der Waals surface area contributed by atoms with E-state index in [0.29, 0.717) is 6.04 Å². The summed E-state index contributed by atoms with van der Waals surface area (Å²) in [5, 5.41) is 4.63. The van der Waals surface area contributed by atoms with E-state index in [1.54, 1.807) is 0 Å². The zero-order chi connectivity index (χ0) is 15.1. The lowest BCUT2D eigenvalue weighted by Gasteiger charge is -2.29. The first-order valence-electron chi connectivity index (χ1n) is 7.57. The highest BCUT2D eigenvalue weighted by Crippen LogP contribution is 2.27. The molecule has 0 spiro atoms. The van der Waals surface area contributed by atoms with Crippen LogP contribution in [0.5, 0.6) is 0 Å². The number of nitrogens with zero attached hydrogens (tertiary/aromatic N) is 3. The summed E-state index contributed by atoms with van der Waals surface area (Å²) in [7, 11) is 4.25. The summed E-state index contributed by atoms with van der Waals surface area (Å²) in [6.45, 7) is 12.9. The van der Waals surface area contributed by atoms with Gasteiger partial charge >= 0.3 is 0 Å². The monoisotopic (exact) mass is 298 g/mol. The van der Waals surface area contributed by atoms with Crippen LogP contribution < -0.4 is 10.2 Å². The molecule has 0 aromatic carbocycles. The molecule has 116 valence electrons. The van der Waals surface area contributed by atoms with E-state index in [-0.39, 0.29) is 0 Å². The van der Waals surface area contributed by atoms with Crippen LogP contribution in [0.15, 0.2) is 0 Å². The Morgan fingerprint density at radius 3 is 2.55 bits per heavy atom. The fourth-order valence-electron chi connectivity index (χ4n) is 2.34. The Morgan fingerprint density at radius 1 is 1.30 bits per heavy atom. The van der Waals surface area contributed by atoms with E-state index >= 15 is 0 Å². The minimum atomic E-state index is 0.483. The molecule has 5 heteroatoms. The lowest BCUT2D eigenvalue weighted by atomic mass is 10.3. The summed E-state index contributed by atoms with van der Waals surface area (Å²) in [6.07, 6.45) is 1.17. The number of likely N-dealkylation sites (N-methyl/N-ethyl adjacent to an activating group) is 2. The Balaban J connectivity index is 2.75. The first-order valence-corrected chi connectivity index (χ1v) is 8.39. The molecular weight excluding hydrogens is 268 g/mol. The third-order valence-corrected chi connectivity index (χ3v) is 4.54. The van der Waals surface area contributed by atoms with Crippen molar-refractivity contribution in [2.24, 2.45) is 0 Å². The van der Waals surface area contributed by atoms with Gasteiger partial charge in [0.25, 0.3) is 0 Å². The molecule has 0 aliphatic heterocycles. The summed E-state index contributed by atoms with van der Waals surface area (Å²) in [4.78, 5) is 10.8. The third kappa shape index (κ3) is 5.04. The van der Waals surface area contributed by atoms with Gasteiger partial charge in [-0.25, -0.2) is 4.98 Å². The highest BCUT2D eigenvalue weighted by Gasteiger charge is 2.18. The number of aromatic nitrogens is 1. The van der Waals surface area contributed by atoms with E-state index in [1.807, 2.05) is 11.3 Å². The van der Waals surface area contributed by atoms with Crippen molar-refractivity contribution in [2.75, 3.05) is 38.6 Å². The molecule has 0 saturated carbocycles. The van der Waals surface area contributed by atoms with Crippen LogP contribution in [-0.4, -0.2) is 49.7 Å². The second-order valence-corrected chi connectivity index (χ2v) is 6.64. The summed E-state index contributed by atoms with van der Waals surface area (Å²) in [6, 6.07) is 0.483. The van der Waals surface area contributed by atoms with Crippen LogP contribution in [-0.2, 0) is 6.54 Å². The zero-order valence-corrected chi connectivity index (χ0v) is 14.7. The van der Waals surface area contributed by atoms with Gasteiger partial charge in [0.2, 0.25) is 0 Å². The SMILES string of the molecule is CCCNCc1sc(N(CC)C(C)CN(C)C)nc1C. The van der Waals surface area contributed by atoms with Crippen molar-refractivity contribution in [1.82, 2.24) is 15.2 Å². The molecular formula is C15H30N4S. The minimum Gasteiger partial charge on any atom is -0.344 e. The lowest BCUT2D eigenvalue weighted by Crippen LogP contribution is -2.40. The van der Waals surface area contributed by atoms with E-state index in [2.05, 4.69) is 56.9 Å². The summed E-state index contributed by atoms with van der Waals surface area (Å²) >= 11 is 1.83. The standard InChI is InChI=1S/C15H30N4S/c1-7-9-16-10-14-13(4)17-15(20-14)19(8-2)12(3)11-18(5)6/h12,16H,7-11H2,1-6H3. The fourth-order valence-corrected chi connectivity index (χ4v) is 3.54. The maximum Gasteiger partial charge on any atom is 0.186 e. The van der Waals surface area contributed by atoms with Crippen LogP contribution in [0.1, 0.15) is 37.8 Å². The second-order valence-electron chi connectivity index (χ2n) is 5.58. The van der Waals surface area contributed by atoms with E-state index in [0.717, 1.165) is 31.3 Å². The van der Waals surface area contributed by atoms with Gasteiger partial charge in [0, 0.05) is 30.6 Å². The number of thiazole rings is 1. The lowest BCUT2D eigenvalue weighted by molar-refractivity contribution is 0.373. The van der Waals surface area contributed by atoms with E-state index in [4.69, 9.17) is 4.98 Å². The minimum absolute atomic E-state index is 0.483. The van der Waals surface area contributed by atoms with Crippen LogP contribution in [0.2, 0.25) is 0 Å². The molecule has 1 atom stereocenters. The molecule has 0 fully saturated rings. The number of hydrogen-bond donors (Lipinski definition) is 1. The fraction of sp³-hybridized carbons (Fsp3) is 0.800. The van der Waals surface area contributed by atoms with Gasteiger partial charge < -0.3 is 15.1 Å². The average Bonchev–Trinajstić information content (AvgIpc) is 2.71. The molecule has 4 nitrogen and oxygen atoms in total. The average molecular weight is 298 g/mol. The summed E-state index contributed by atoms with van der Waals surface area (Å²) < 4.78 is 0. The molecule has 1 unspecified atom stereocenters. The molecule has 1 heterocycles. The second kappa shape index (κ2) is 8.60. The number of hydrogen-bond acceptors (Lipinski definition) is 5. The number of aryl methyl sites for hydroxylation is 1. The van der Waals surface area contributed by atoms with Gasteiger partial charge in [0.1, 0.15) is 0 Å². The maximum atomic E-state index is 4.77. The molecule has 20 heavy (non-hydrogen) atoms. The van der Waals surface area contributed by atoms with Crippen molar-refractivity contribution >= 4 is 16.5 Å². The van der Waals surface area contributed by atoms with E-state index in [1.165, 1.54) is 17.0 Å². The van der Waals surface area contributed by atoms with Crippen LogP contribution in [0.25, 0.3) is 0 Å². The van der Waals surface area contributed by atoms with E-state index in [9.17, 15) is 0 Å². The van der Waals surface area contributed by atoms with Crippen molar-refractivity contribution in [3.05, 3.63) is 10.6 Å². The van der Waals surface area contributed by atoms with Gasteiger partial charge in [-0.2, -0.15) is 0 Å². The zero-order valence-electron chi connectivity index (χ0n) is 13.9. The van der Waals surface area contributed by atoms with Crippen LogP contribution >= 0.6 is 11.3 Å². The topological polar surface area (TPSA) is 31.4 Å². The molecule has 0 bridgehead atoms. The van der Waals surface area contributed by atoms with Crippen molar-refractivity contribution in [1.29, 1.82) is 0 Å². The first-order chi connectivity index (χ1) is 9.49. The van der Waals surface area contributed by atoms with Gasteiger partial charge in [0.15, 0.2) is 5.13 Å². The third-order valence-electron chi connectivity index (χ3n) is 3.34. The van der Waals surface area contributed by atoms with Crippen molar-refractivity contribution in [3.63, 3.8) is 0 Å². The quantitative estimate of drug-likeness (QED) is 0.710. The Hall–Kier alpha value is -0.650. The van der Waals surface area contributed by atoms with Crippen LogP contribution in [0.3, 0.4) is 0 Å². The predicted molar refractivity (Wildman–Crippen MR) is 89.9 cm³/mol. The van der Waals surface area contributed by atoms with Crippen LogP contribution in [0, 0.1) is 6.92 Å². The van der Waals surface area contributed by atoms with Crippen molar-refractivity contribution in [2.45, 2.75) is 46.7 Å². The maximum absolute atomic E-state index is 4.77. The Morgan fingerprint density at radius 2 is 2.00 bits per heavy atom. The highest BCUT2D eigenvalue weighted by atomic mass is 32.1. The first kappa shape index (κ1) is 17.4. The van der Waals surface area contributed by atoms with Crippen LogP contribution in [0.4, 0.5) is 5.13 Å². The van der Waals surface area contributed by atoms with Crippen molar-refractivity contribution < 1.29 is 0 Å². The smallest absolute Gasteiger partial charge is 0.186 e. The van der Waals surface area contributed by atoms with Gasteiger partial charge in [-0.3, -0.25) is 0 Å². The Labute approximate surface area is 128 Å². The van der Waals surface area contributed by atoms with Gasteiger partial charge in [-0.1, -0.05) is 6.92 Å². The molecule has 0 aliphatic carbocycles. The predicted octanol–water partition coefficient (Wildman–Crippen LogP) is 2.73. The molecule has 0 radical (unpaired) electrons. The molecule has 0 aliphatic rings. The van der Waals surface area contributed by atoms with Crippen molar-refractivity contribution in [3.8, 4) is 0 Å². The van der Waals surface area contributed by atoms with Gasteiger partial charge in [-0.15, -0.1) is 11.3 Å². The summed E-state index contributed by atoms with van der Waals surface area (Å²) in [5.41, 5.74) is 1.17. The molecule has 1 aromatic heterocycles. The molecule has 0 amide bonds. The molecule has 1 aromatic rings. The largest absolute Gasteiger partial charge is 0.344 e. The highest BCUT2D eigenvalue weighted by molar-refractivity contribution is 7.15. The Kier molecular flexibility index (Phi) is 7.48. The number of anilines is 1. The Bertz CT molecular complexity index is 389. The normalized spacial score (nSPS) is 12.9. The molecule has 0 saturated heterocycles. The number of rotatable bonds is 9. The molecule has 1 rings (SSSR count). The molecule has 1 N–H and O–H groups in total. The van der Waals surface area contributed by atoms with Gasteiger partial charge in [-0.05, 0) is 47.8 Å². The summed E-state index contributed by atoms with van der Waals surface area (Å²) in [5.74, 6) is 0. The number of nitrogens with one attached hydrogen (secondary N) is 1. The van der Waals surface area contributed by atoms with Gasteiger partial charge in [0.05, 0.1) is 5.69 Å². The van der Waals surface area contributed by atoms with E-state index < -0.39 is 0 Å².